The van der Waals surface area contributed by atoms with E-state index >= 15 is 0 Å². The molecule has 0 spiro atoms. The summed E-state index contributed by atoms with van der Waals surface area (Å²) in [5, 5.41) is 10.9. The van der Waals surface area contributed by atoms with E-state index in [9.17, 15) is 76.7 Å². The van der Waals surface area contributed by atoms with Crippen LogP contribution in [0, 0.1) is 95.7 Å². The molecule has 2 aromatic carbocycles. The van der Waals surface area contributed by atoms with Crippen LogP contribution in [0.4, 0.5) is 0 Å². The summed E-state index contributed by atoms with van der Waals surface area (Å²) >= 11 is 0. The number of fused-ring (bicyclic) bond motifs is 4. The van der Waals surface area contributed by atoms with Crippen molar-refractivity contribution in [1.82, 2.24) is 60.8 Å². The van der Waals surface area contributed by atoms with Crippen LogP contribution in [0.25, 0.3) is 0 Å². The topological polar surface area (TPSA) is 386 Å². The molecule has 6 saturated carbocycles. The van der Waals surface area contributed by atoms with E-state index < -0.39 is 58.9 Å². The van der Waals surface area contributed by atoms with Gasteiger partial charge >= 0.3 is 0 Å². The third-order valence-corrected chi connectivity index (χ3v) is 30.6. The zero-order chi connectivity index (χ0) is 100.0. The monoisotopic (exact) mass is 1900 g/mol. The second kappa shape index (κ2) is 50.2. The van der Waals surface area contributed by atoms with Crippen LogP contribution < -0.4 is 21.3 Å². The van der Waals surface area contributed by atoms with Gasteiger partial charge in [-0.2, -0.15) is 0 Å². The summed E-state index contributed by atoms with van der Waals surface area (Å²) in [5.41, 5.74) is 3.88. The Labute approximate surface area is 817 Å². The lowest BCUT2D eigenvalue weighted by molar-refractivity contribution is -0.145. The maximum absolute atomic E-state index is 14.7. The van der Waals surface area contributed by atoms with Gasteiger partial charge in [0.15, 0.2) is 23.1 Å². The molecule has 138 heavy (non-hydrogen) atoms. The molecule has 0 radical (unpaired) electrons. The third-order valence-electron chi connectivity index (χ3n) is 30.6. The van der Waals surface area contributed by atoms with Crippen LogP contribution in [0.3, 0.4) is 0 Å². The van der Waals surface area contributed by atoms with Gasteiger partial charge in [0.1, 0.15) is 47.1 Å². The fraction of sp³-hybridized carbons (Fsp3) is 0.673. The van der Waals surface area contributed by atoms with Gasteiger partial charge in [-0.1, -0.05) is 184 Å². The molecular formula is C110H156N12O16. The highest BCUT2D eigenvalue weighted by Gasteiger charge is 2.55. The van der Waals surface area contributed by atoms with E-state index in [0.717, 1.165) is 177 Å². The first-order valence-corrected chi connectivity index (χ1v) is 52.4. The average molecular weight is 1900 g/mol. The van der Waals surface area contributed by atoms with Crippen molar-refractivity contribution in [2.45, 2.75) is 377 Å². The second-order valence-electron chi connectivity index (χ2n) is 43.1. The van der Waals surface area contributed by atoms with Crippen molar-refractivity contribution in [1.29, 1.82) is 0 Å². The summed E-state index contributed by atoms with van der Waals surface area (Å²) in [6.07, 6.45) is 34.0. The van der Waals surface area contributed by atoms with Gasteiger partial charge in [0, 0.05) is 126 Å². The minimum absolute atomic E-state index is 0.00581. The number of carbonyl (C=O) groups is 16. The highest BCUT2D eigenvalue weighted by atomic mass is 16.2. The molecule has 4 saturated heterocycles. The molecule has 8 heterocycles. The molecule has 752 valence electrons. The number of hydrogen-bond donors (Lipinski definition) is 4. The van der Waals surface area contributed by atoms with E-state index in [1.807, 2.05) is 119 Å². The number of amides is 10. The largest absolute Gasteiger partial charge is 0.344 e. The van der Waals surface area contributed by atoms with Crippen molar-refractivity contribution in [3.05, 3.63) is 118 Å². The highest BCUT2D eigenvalue weighted by molar-refractivity contribution is 6.07. The van der Waals surface area contributed by atoms with Crippen molar-refractivity contribution >= 4 is 93.8 Å². The zero-order valence-electron chi connectivity index (χ0n) is 84.7. The van der Waals surface area contributed by atoms with Crippen LogP contribution in [0.5, 0.6) is 0 Å². The molecule has 10 amide bonds. The lowest BCUT2D eigenvalue weighted by Crippen LogP contribution is -2.58. The van der Waals surface area contributed by atoms with E-state index in [0.29, 0.717) is 101 Å². The first kappa shape index (κ1) is 108. The van der Waals surface area contributed by atoms with E-state index in [2.05, 4.69) is 55.1 Å². The maximum atomic E-state index is 14.7. The highest BCUT2D eigenvalue weighted by Crippen LogP contribution is 2.48. The number of aryl methyl sites for hydroxylation is 2. The number of nitrogens with zero attached hydrogens (tertiary/aromatic N) is 8. The van der Waals surface area contributed by atoms with Crippen molar-refractivity contribution in [2.75, 3.05) is 13.1 Å². The fourth-order valence-corrected chi connectivity index (χ4v) is 23.0. The summed E-state index contributed by atoms with van der Waals surface area (Å²) in [7, 11) is 0. The molecule has 28 heteroatoms. The van der Waals surface area contributed by atoms with Gasteiger partial charge in [0.25, 0.3) is 11.8 Å². The molecule has 4 N–H and O–H groups in total. The van der Waals surface area contributed by atoms with Gasteiger partial charge in [-0.3, -0.25) is 97.3 Å². The molecule has 28 nitrogen and oxygen atoms in total. The number of likely N-dealkylation sites (tertiary alicyclic amines) is 2. The molecular weight excluding hydrogens is 1750 g/mol. The molecule has 6 aliphatic carbocycles. The maximum Gasteiger partial charge on any atom is 0.255 e. The quantitative estimate of drug-likeness (QED) is 0.0249. The van der Waals surface area contributed by atoms with E-state index in [1.54, 1.807) is 44.1 Å². The van der Waals surface area contributed by atoms with Gasteiger partial charge in [-0.25, -0.2) is 9.97 Å². The summed E-state index contributed by atoms with van der Waals surface area (Å²) in [5.74, 6) is -1.40. The molecule has 12 aliphatic rings. The van der Waals surface area contributed by atoms with Crippen LogP contribution >= 0.6 is 0 Å². The molecule has 10 fully saturated rings. The molecule has 14 atom stereocenters. The Morgan fingerprint density at radius 3 is 1.11 bits per heavy atom. The number of carbonyl (C=O) groups excluding carboxylic acids is 16. The second-order valence-corrected chi connectivity index (χ2v) is 43.1. The number of imide groups is 2. The number of rotatable bonds is 34. The first-order chi connectivity index (χ1) is 66.0. The van der Waals surface area contributed by atoms with Gasteiger partial charge in [-0.15, -0.1) is 0 Å². The Balaban J connectivity index is 0.000000190. The number of ketones is 6. The first-order valence-electron chi connectivity index (χ1n) is 52.4. The molecule has 4 aromatic rings. The SMILES string of the molecule is CC.CC.CCCC(CC(=O)CC1CC1)CC(=O)[C@@H]1[C@H]2CCC[C@H]2CN1C(=O)[C@@H](NC(=O)[C@@H](CC(=O)c1cnc(C)cn1)C1CCCCC1)C(C)(C)C.CCCC(CC(=O)CC1CC1)CC(=O)[C@@H]1[C@H]2CCC[C@H]2CN1C(=O)[C@@H](NC(=O)[C@@H](CC(=O)c1cnc(C)cn1)C1CCCCC1)C(C)(C)C.O=C1CCC(N2Cc3ccccc3C2=O)C(=O)N1.O=C1CCC(N2Cc3ccccc3C2=O)C(=O)N1. The minimum atomic E-state index is -0.846. The molecule has 4 unspecified atom stereocenters. The Morgan fingerprint density at radius 2 is 0.790 bits per heavy atom. The number of benzene rings is 2. The summed E-state index contributed by atoms with van der Waals surface area (Å²) in [6, 6.07) is 10.9. The number of aromatic nitrogens is 4. The van der Waals surface area contributed by atoms with Crippen molar-refractivity contribution in [3.8, 4) is 0 Å². The Bertz CT molecular complexity index is 4660. The Morgan fingerprint density at radius 1 is 0.428 bits per heavy atom. The van der Waals surface area contributed by atoms with Crippen molar-refractivity contribution in [3.63, 3.8) is 0 Å². The lowest BCUT2D eigenvalue weighted by Gasteiger charge is -2.38. The molecule has 0 bridgehead atoms. The third kappa shape index (κ3) is 28.5. The van der Waals surface area contributed by atoms with Gasteiger partial charge < -0.3 is 30.2 Å². The van der Waals surface area contributed by atoms with Gasteiger partial charge in [-0.05, 0) is 210 Å². The molecule has 6 aliphatic heterocycles. The number of piperidine rings is 2. The zero-order valence-corrected chi connectivity index (χ0v) is 84.7. The van der Waals surface area contributed by atoms with Crippen molar-refractivity contribution < 1.29 is 76.7 Å². The van der Waals surface area contributed by atoms with E-state index in [1.165, 1.54) is 12.4 Å². The predicted molar refractivity (Wildman–Crippen MR) is 525 cm³/mol. The molecule has 2 aromatic heterocycles. The fourth-order valence-electron chi connectivity index (χ4n) is 23.0. The van der Waals surface area contributed by atoms with Crippen molar-refractivity contribution in [2.24, 2.45) is 81.8 Å². The number of Topliss-reactive ketones (excluding diaryl/α,β-unsaturated/α-hetero) is 6. The summed E-state index contributed by atoms with van der Waals surface area (Å²) < 4.78 is 0. The Hall–Kier alpha value is -10.3. The number of hydrogen-bond acceptors (Lipinski definition) is 20. The van der Waals surface area contributed by atoms with Gasteiger partial charge in [0.05, 0.1) is 35.9 Å². The molecule has 16 rings (SSSR count). The smallest absolute Gasteiger partial charge is 0.255 e. The van der Waals surface area contributed by atoms with Gasteiger partial charge in [0.2, 0.25) is 47.3 Å². The van der Waals surface area contributed by atoms with E-state index in [4.69, 9.17) is 0 Å². The summed E-state index contributed by atoms with van der Waals surface area (Å²) in [4.78, 5) is 233. The minimum Gasteiger partial charge on any atom is -0.344 e. The van der Waals surface area contributed by atoms with Crippen LogP contribution in [0.1, 0.15) is 378 Å². The number of nitrogens with one attached hydrogen (secondary N) is 4. The van der Waals surface area contributed by atoms with Crippen LogP contribution in [0.15, 0.2) is 73.3 Å². The average Bonchev–Trinajstić information content (AvgIpc) is 1.61. The lowest BCUT2D eigenvalue weighted by atomic mass is 9.76. The van der Waals surface area contributed by atoms with E-state index in [-0.39, 0.29) is 178 Å². The normalized spacial score (nSPS) is 23.6. The van der Waals surface area contributed by atoms with Crippen LogP contribution in [-0.4, -0.2) is 183 Å². The Kier molecular flexibility index (Phi) is 39.3. The standard InChI is InChI=1S/2C40H60N4O5.2C13H12N2O3.2C2H6/c2*1-6-11-27(19-30(45)18-26-16-17-26)20-35(47)36-31-15-10-14-29(31)24-44(36)39(49)37(40(3,4)5)43-38(48)32(28-12-8-7-9-13-28)21-34(46)33-23-41-25(2)22-42-33;2*16-11-6-5-10(12(17)14-11)15-7-8-3-1-2-4-9(8)13(15)18;2*1-2/h2*22-23,26-29,31-32,36-37H,6-21,24H2,1-5H3,(H,43,48);2*1-4,10H,5-7H2,(H,14,16,17);2*1-2H3/t2*27?,29-,31-,32-,36-,37+;;;;/m00..../s1. The van der Waals surface area contributed by atoms with Crippen LogP contribution in [-0.2, 0) is 70.6 Å². The summed E-state index contributed by atoms with van der Waals surface area (Å²) in [6.45, 7) is 29.5. The predicted octanol–water partition coefficient (Wildman–Crippen LogP) is 16.6. The van der Waals surface area contributed by atoms with Crippen LogP contribution in [0.2, 0.25) is 0 Å².